The third-order valence-corrected chi connectivity index (χ3v) is 6.24. The zero-order valence-electron chi connectivity index (χ0n) is 17.1. The highest BCUT2D eigenvalue weighted by atomic mass is 32.2. The summed E-state index contributed by atoms with van der Waals surface area (Å²) < 4.78 is 42.7. The van der Waals surface area contributed by atoms with Crippen molar-refractivity contribution < 1.29 is 32.3 Å². The van der Waals surface area contributed by atoms with Gasteiger partial charge in [-0.2, -0.15) is 0 Å². The number of rotatable bonds is 8. The zero-order valence-corrected chi connectivity index (χ0v) is 17.9. The summed E-state index contributed by atoms with van der Waals surface area (Å²) in [7, 11) is -1.37. The largest absolute Gasteiger partial charge is 0.493 e. The van der Waals surface area contributed by atoms with Gasteiger partial charge in [-0.3, -0.25) is 10.1 Å². The molecular weight excluding hydrogens is 442 g/mol. The fourth-order valence-corrected chi connectivity index (χ4v) is 4.37. The Balaban J connectivity index is 2.12. The summed E-state index contributed by atoms with van der Waals surface area (Å²) >= 11 is 0. The maximum Gasteiger partial charge on any atom is 0.419 e. The molecule has 0 aliphatic heterocycles. The predicted octanol–water partition coefficient (Wildman–Crippen LogP) is 3.01. The third-order valence-electron chi connectivity index (χ3n) is 4.51. The van der Waals surface area contributed by atoms with E-state index < -0.39 is 38.4 Å². The molecule has 0 amide bonds. The molecular formula is C20H19N3O8S. The number of sulfone groups is 1. The fraction of sp³-hybridized carbons (Fsp3) is 0.200. The van der Waals surface area contributed by atoms with Crippen molar-refractivity contribution >= 4 is 21.6 Å². The van der Waals surface area contributed by atoms with Crippen LogP contribution >= 0.6 is 0 Å². The van der Waals surface area contributed by atoms with E-state index in [2.05, 4.69) is 4.98 Å². The first-order chi connectivity index (χ1) is 15.3. The van der Waals surface area contributed by atoms with Gasteiger partial charge in [0.1, 0.15) is 12.4 Å². The molecule has 11 nitrogen and oxygen atoms in total. The standard InChI is InChI=1S/C20H19N3O8S/c1-29-17-10-15(16(23(25)26)11-18(17)30-2)19(31-20(24)22-9-8-21-13-22)12-32(27,28)14-6-4-3-5-7-14/h3-11,13,19H,12H2,1-2H3. The first-order valence-corrected chi connectivity index (χ1v) is 10.8. The first-order valence-electron chi connectivity index (χ1n) is 9.14. The van der Waals surface area contributed by atoms with E-state index in [0.717, 1.165) is 17.0 Å². The molecule has 0 aliphatic rings. The smallest absolute Gasteiger partial charge is 0.419 e. The molecule has 2 aromatic carbocycles. The van der Waals surface area contributed by atoms with Crippen LogP contribution in [0, 0.1) is 10.1 Å². The Bertz CT molecular complexity index is 1210. The summed E-state index contributed by atoms with van der Waals surface area (Å²) in [5.74, 6) is -0.573. The molecule has 0 radical (unpaired) electrons. The lowest BCUT2D eigenvalue weighted by Crippen LogP contribution is -2.23. The monoisotopic (exact) mass is 461 g/mol. The first kappa shape index (κ1) is 22.7. The van der Waals surface area contributed by atoms with E-state index in [4.69, 9.17) is 14.2 Å². The number of benzene rings is 2. The lowest BCUT2D eigenvalue weighted by molar-refractivity contribution is -0.386. The molecule has 1 atom stereocenters. The molecule has 12 heteroatoms. The van der Waals surface area contributed by atoms with Gasteiger partial charge in [-0.25, -0.2) is 22.8 Å². The number of carbonyl (C=O) groups is 1. The highest BCUT2D eigenvalue weighted by Crippen LogP contribution is 2.39. The Hall–Kier alpha value is -3.93. The van der Waals surface area contributed by atoms with Crippen LogP contribution in [0.5, 0.6) is 11.5 Å². The van der Waals surface area contributed by atoms with Crippen molar-refractivity contribution in [2.75, 3.05) is 20.0 Å². The van der Waals surface area contributed by atoms with E-state index in [9.17, 15) is 23.3 Å². The highest BCUT2D eigenvalue weighted by Gasteiger charge is 2.33. The highest BCUT2D eigenvalue weighted by molar-refractivity contribution is 7.91. The van der Waals surface area contributed by atoms with Crippen molar-refractivity contribution in [3.05, 3.63) is 76.9 Å². The molecule has 1 unspecified atom stereocenters. The summed E-state index contributed by atoms with van der Waals surface area (Å²) in [5.41, 5.74) is -0.657. The van der Waals surface area contributed by atoms with Crippen LogP contribution in [0.4, 0.5) is 10.5 Å². The zero-order chi connectivity index (χ0) is 23.3. The van der Waals surface area contributed by atoms with Gasteiger partial charge >= 0.3 is 6.09 Å². The Morgan fingerprint density at radius 2 is 1.81 bits per heavy atom. The van der Waals surface area contributed by atoms with Crippen molar-refractivity contribution in [2.24, 2.45) is 0 Å². The maximum absolute atomic E-state index is 13.0. The quantitative estimate of drug-likeness (QED) is 0.366. The molecule has 0 fully saturated rings. The lowest BCUT2D eigenvalue weighted by atomic mass is 10.1. The van der Waals surface area contributed by atoms with Crippen molar-refractivity contribution in [3.63, 3.8) is 0 Å². The minimum atomic E-state index is -4.00. The second-order valence-corrected chi connectivity index (χ2v) is 8.49. The van der Waals surface area contributed by atoms with Crippen LogP contribution in [-0.4, -0.2) is 49.0 Å². The number of carbonyl (C=O) groups excluding carboxylic acids is 1. The number of hydrogen-bond donors (Lipinski definition) is 0. The van der Waals surface area contributed by atoms with Crippen LogP contribution in [0.15, 0.2) is 66.1 Å². The molecule has 1 heterocycles. The molecule has 168 valence electrons. The SMILES string of the molecule is COc1cc(C(CS(=O)(=O)c2ccccc2)OC(=O)n2ccnc2)c([N+](=O)[O-])cc1OC. The van der Waals surface area contributed by atoms with Crippen molar-refractivity contribution in [1.82, 2.24) is 9.55 Å². The van der Waals surface area contributed by atoms with Crippen molar-refractivity contribution in [1.29, 1.82) is 0 Å². The Morgan fingerprint density at radius 1 is 1.16 bits per heavy atom. The van der Waals surface area contributed by atoms with Crippen LogP contribution in [0.3, 0.4) is 0 Å². The van der Waals surface area contributed by atoms with Crippen LogP contribution < -0.4 is 9.47 Å². The van der Waals surface area contributed by atoms with Gasteiger partial charge in [0.05, 0.1) is 41.4 Å². The Morgan fingerprint density at radius 3 is 2.38 bits per heavy atom. The number of nitro groups is 1. The van der Waals surface area contributed by atoms with Crippen LogP contribution in [0.1, 0.15) is 11.7 Å². The van der Waals surface area contributed by atoms with E-state index in [1.807, 2.05) is 0 Å². The summed E-state index contributed by atoms with van der Waals surface area (Å²) in [5, 5.41) is 11.7. The van der Waals surface area contributed by atoms with E-state index in [1.54, 1.807) is 6.07 Å². The topological polar surface area (TPSA) is 140 Å². The lowest BCUT2D eigenvalue weighted by Gasteiger charge is -2.20. The normalized spacial score (nSPS) is 12.1. The number of imidazole rings is 1. The summed E-state index contributed by atoms with van der Waals surface area (Å²) in [6, 6.07) is 9.80. The molecule has 0 saturated carbocycles. The number of methoxy groups -OCH3 is 2. The van der Waals surface area contributed by atoms with E-state index in [1.165, 1.54) is 56.9 Å². The van der Waals surface area contributed by atoms with Gasteiger partial charge in [-0.15, -0.1) is 0 Å². The minimum absolute atomic E-state index is 0.0215. The van der Waals surface area contributed by atoms with Crippen LogP contribution in [0.25, 0.3) is 0 Å². The molecule has 0 spiro atoms. The Labute approximate surface area is 183 Å². The van der Waals surface area contributed by atoms with Gasteiger partial charge in [0.2, 0.25) is 0 Å². The second kappa shape index (κ2) is 9.47. The molecule has 0 bridgehead atoms. The van der Waals surface area contributed by atoms with Gasteiger partial charge in [0.15, 0.2) is 21.3 Å². The molecule has 0 saturated heterocycles. The minimum Gasteiger partial charge on any atom is -0.493 e. The molecule has 0 N–H and O–H groups in total. The van der Waals surface area contributed by atoms with Gasteiger partial charge in [0, 0.05) is 12.4 Å². The third kappa shape index (κ3) is 4.86. The maximum atomic E-state index is 13.0. The average molecular weight is 461 g/mol. The van der Waals surface area contributed by atoms with Gasteiger partial charge in [-0.05, 0) is 18.2 Å². The number of hydrogen-bond acceptors (Lipinski definition) is 9. The van der Waals surface area contributed by atoms with Crippen LogP contribution in [-0.2, 0) is 14.6 Å². The Kier molecular flexibility index (Phi) is 6.73. The van der Waals surface area contributed by atoms with E-state index in [0.29, 0.717) is 0 Å². The summed E-state index contributed by atoms with van der Waals surface area (Å²) in [6.07, 6.45) is 1.30. The van der Waals surface area contributed by atoms with E-state index >= 15 is 0 Å². The molecule has 3 rings (SSSR count). The second-order valence-electron chi connectivity index (χ2n) is 6.46. The summed E-state index contributed by atoms with van der Waals surface area (Å²) in [6.45, 7) is 0. The molecule has 0 aliphatic carbocycles. The molecule has 32 heavy (non-hydrogen) atoms. The summed E-state index contributed by atoms with van der Waals surface area (Å²) in [4.78, 5) is 27.3. The molecule has 1 aromatic heterocycles. The van der Waals surface area contributed by atoms with E-state index in [-0.39, 0.29) is 22.0 Å². The fourth-order valence-electron chi connectivity index (χ4n) is 2.96. The average Bonchev–Trinajstić information content (AvgIpc) is 3.33. The predicted molar refractivity (Wildman–Crippen MR) is 112 cm³/mol. The molecule has 3 aromatic rings. The number of nitrogens with zero attached hydrogens (tertiary/aromatic N) is 3. The van der Waals surface area contributed by atoms with Crippen molar-refractivity contribution in [2.45, 2.75) is 11.0 Å². The van der Waals surface area contributed by atoms with Gasteiger partial charge < -0.3 is 14.2 Å². The van der Waals surface area contributed by atoms with Gasteiger partial charge in [0.25, 0.3) is 5.69 Å². The van der Waals surface area contributed by atoms with Crippen molar-refractivity contribution in [3.8, 4) is 11.5 Å². The van der Waals surface area contributed by atoms with Crippen LogP contribution in [0.2, 0.25) is 0 Å². The van der Waals surface area contributed by atoms with Gasteiger partial charge in [-0.1, -0.05) is 18.2 Å². The number of aromatic nitrogens is 2. The number of ether oxygens (including phenoxy) is 3. The number of nitro benzene ring substituents is 1.